The number of piperidine rings is 2. The molecule has 2 heterocycles. The Morgan fingerprint density at radius 3 is 2.50 bits per heavy atom. The Labute approximate surface area is 152 Å². The van der Waals surface area contributed by atoms with Gasteiger partial charge in [-0.05, 0) is 49.3 Å². The predicted octanol–water partition coefficient (Wildman–Crippen LogP) is 1.63. The molecule has 1 aromatic carbocycles. The number of carboxylic acid groups (broad SMARTS) is 1. The van der Waals surface area contributed by atoms with Gasteiger partial charge in [0.1, 0.15) is 12.3 Å². The van der Waals surface area contributed by atoms with Crippen LogP contribution in [0.2, 0.25) is 0 Å². The molecule has 0 unspecified atom stereocenters. The zero-order valence-corrected chi connectivity index (χ0v) is 14.9. The SMILES string of the molecule is Cc1ccc(C(=O)N2CCC3(CCC(=O)N(CC(=O)O)C3)CC2)cc1O. The topological polar surface area (TPSA) is 98.2 Å². The summed E-state index contributed by atoms with van der Waals surface area (Å²) in [5.41, 5.74) is 1.09. The number of aromatic hydroxyl groups is 1. The molecule has 26 heavy (non-hydrogen) atoms. The number of phenolic OH excluding ortho intramolecular Hbond substituents is 1. The number of amides is 2. The molecule has 2 fully saturated rings. The summed E-state index contributed by atoms with van der Waals surface area (Å²) in [5.74, 6) is -1.10. The maximum absolute atomic E-state index is 12.7. The first-order valence-corrected chi connectivity index (χ1v) is 8.88. The number of hydrogen-bond donors (Lipinski definition) is 2. The number of carbonyl (C=O) groups is 3. The van der Waals surface area contributed by atoms with Crippen molar-refractivity contribution >= 4 is 17.8 Å². The third-order valence-electron chi connectivity index (χ3n) is 5.64. The van der Waals surface area contributed by atoms with Crippen molar-refractivity contribution < 1.29 is 24.6 Å². The van der Waals surface area contributed by atoms with Gasteiger partial charge in [-0.1, -0.05) is 6.07 Å². The van der Waals surface area contributed by atoms with Crippen molar-refractivity contribution in [1.29, 1.82) is 0 Å². The number of hydrogen-bond acceptors (Lipinski definition) is 4. The van der Waals surface area contributed by atoms with Gasteiger partial charge >= 0.3 is 5.97 Å². The molecule has 2 aliphatic rings. The number of carbonyl (C=O) groups excluding carboxylic acids is 2. The Balaban J connectivity index is 1.64. The average molecular weight is 360 g/mol. The van der Waals surface area contributed by atoms with Crippen LogP contribution in [0.25, 0.3) is 0 Å². The molecule has 2 N–H and O–H groups in total. The van der Waals surface area contributed by atoms with Crippen molar-refractivity contribution in [2.75, 3.05) is 26.2 Å². The van der Waals surface area contributed by atoms with E-state index < -0.39 is 5.97 Å². The highest BCUT2D eigenvalue weighted by atomic mass is 16.4. The lowest BCUT2D eigenvalue weighted by molar-refractivity contribution is -0.149. The van der Waals surface area contributed by atoms with Gasteiger partial charge in [0.25, 0.3) is 5.91 Å². The Morgan fingerprint density at radius 2 is 1.88 bits per heavy atom. The summed E-state index contributed by atoms with van der Waals surface area (Å²) < 4.78 is 0. The van der Waals surface area contributed by atoms with Crippen molar-refractivity contribution in [3.05, 3.63) is 29.3 Å². The van der Waals surface area contributed by atoms with Gasteiger partial charge in [0.05, 0.1) is 0 Å². The third kappa shape index (κ3) is 3.66. The minimum atomic E-state index is -0.998. The normalized spacial score (nSPS) is 19.7. The second kappa shape index (κ2) is 6.97. The summed E-state index contributed by atoms with van der Waals surface area (Å²) in [6.45, 7) is 3.12. The fourth-order valence-electron chi connectivity index (χ4n) is 3.93. The van der Waals surface area contributed by atoms with Crippen molar-refractivity contribution in [2.24, 2.45) is 5.41 Å². The van der Waals surface area contributed by atoms with Gasteiger partial charge in [-0.2, -0.15) is 0 Å². The molecule has 2 aliphatic heterocycles. The van der Waals surface area contributed by atoms with Crippen LogP contribution in [0.15, 0.2) is 18.2 Å². The summed E-state index contributed by atoms with van der Waals surface area (Å²) in [5, 5.41) is 18.8. The van der Waals surface area contributed by atoms with E-state index in [1.54, 1.807) is 24.0 Å². The molecule has 0 bridgehead atoms. The van der Waals surface area contributed by atoms with Crippen molar-refractivity contribution in [1.82, 2.24) is 9.80 Å². The smallest absolute Gasteiger partial charge is 0.323 e. The summed E-state index contributed by atoms with van der Waals surface area (Å²) in [6, 6.07) is 4.94. The van der Waals surface area contributed by atoms with E-state index in [4.69, 9.17) is 5.11 Å². The molecule has 0 aliphatic carbocycles. The number of aryl methyl sites for hydroxylation is 1. The summed E-state index contributed by atoms with van der Waals surface area (Å²) in [4.78, 5) is 38.8. The molecule has 1 aromatic rings. The fraction of sp³-hybridized carbons (Fsp3) is 0.526. The van der Waals surface area contributed by atoms with Crippen LogP contribution in [0, 0.1) is 12.3 Å². The van der Waals surface area contributed by atoms with Crippen molar-refractivity contribution in [3.63, 3.8) is 0 Å². The number of likely N-dealkylation sites (tertiary alicyclic amines) is 2. The van der Waals surface area contributed by atoms with E-state index in [2.05, 4.69) is 0 Å². The first-order valence-electron chi connectivity index (χ1n) is 8.88. The highest BCUT2D eigenvalue weighted by Gasteiger charge is 2.42. The molecule has 7 heteroatoms. The van der Waals surface area contributed by atoms with E-state index in [1.165, 1.54) is 11.0 Å². The van der Waals surface area contributed by atoms with Crippen LogP contribution in [0.4, 0.5) is 0 Å². The van der Waals surface area contributed by atoms with E-state index in [0.717, 1.165) is 24.8 Å². The average Bonchev–Trinajstić information content (AvgIpc) is 2.60. The van der Waals surface area contributed by atoms with Gasteiger partial charge in [0, 0.05) is 31.6 Å². The van der Waals surface area contributed by atoms with Crippen LogP contribution in [-0.2, 0) is 9.59 Å². The van der Waals surface area contributed by atoms with Crippen LogP contribution in [0.1, 0.15) is 41.6 Å². The number of aliphatic carboxylic acids is 1. The quantitative estimate of drug-likeness (QED) is 0.854. The van der Waals surface area contributed by atoms with Gasteiger partial charge in [-0.3, -0.25) is 14.4 Å². The zero-order valence-electron chi connectivity index (χ0n) is 14.9. The van der Waals surface area contributed by atoms with Crippen LogP contribution >= 0.6 is 0 Å². The number of benzene rings is 1. The number of phenols is 1. The Kier molecular flexibility index (Phi) is 4.89. The number of carboxylic acids is 1. The Morgan fingerprint density at radius 1 is 1.19 bits per heavy atom. The lowest BCUT2D eigenvalue weighted by atomic mass is 9.72. The maximum Gasteiger partial charge on any atom is 0.323 e. The molecule has 3 rings (SSSR count). The standard InChI is InChI=1S/C19H24N2O5/c1-13-2-3-14(10-15(13)22)18(26)20-8-6-19(7-9-20)5-4-16(23)21(12-19)11-17(24)25/h2-3,10,22H,4-9,11-12H2,1H3,(H,24,25). The van der Waals surface area contributed by atoms with Gasteiger partial charge in [-0.15, -0.1) is 0 Å². The fourth-order valence-corrected chi connectivity index (χ4v) is 3.93. The first-order chi connectivity index (χ1) is 12.3. The zero-order chi connectivity index (χ0) is 18.9. The number of rotatable bonds is 3. The Bertz CT molecular complexity index is 737. The Hall–Kier alpha value is -2.57. The molecular formula is C19H24N2O5. The van der Waals surface area contributed by atoms with E-state index in [-0.39, 0.29) is 29.5 Å². The molecule has 0 atom stereocenters. The molecule has 7 nitrogen and oxygen atoms in total. The highest BCUT2D eigenvalue weighted by Crippen LogP contribution is 2.40. The minimum Gasteiger partial charge on any atom is -0.508 e. The molecule has 2 saturated heterocycles. The van der Waals surface area contributed by atoms with Crippen molar-refractivity contribution in [2.45, 2.75) is 32.6 Å². The van der Waals surface area contributed by atoms with Crippen LogP contribution in [0.3, 0.4) is 0 Å². The molecule has 1 spiro atoms. The molecular weight excluding hydrogens is 336 g/mol. The summed E-state index contributed by atoms with van der Waals surface area (Å²) in [7, 11) is 0. The van der Waals surface area contributed by atoms with Gasteiger partial charge in [0.15, 0.2) is 0 Å². The first kappa shape index (κ1) is 18.2. The van der Waals surface area contributed by atoms with Gasteiger partial charge < -0.3 is 20.0 Å². The molecule has 0 radical (unpaired) electrons. The van der Waals surface area contributed by atoms with E-state index in [0.29, 0.717) is 31.6 Å². The number of nitrogens with zero attached hydrogens (tertiary/aromatic N) is 2. The van der Waals surface area contributed by atoms with Gasteiger partial charge in [-0.25, -0.2) is 0 Å². The maximum atomic E-state index is 12.7. The van der Waals surface area contributed by atoms with Crippen LogP contribution in [-0.4, -0.2) is 64.0 Å². The summed E-state index contributed by atoms with van der Waals surface area (Å²) >= 11 is 0. The highest BCUT2D eigenvalue weighted by molar-refractivity contribution is 5.94. The van der Waals surface area contributed by atoms with Crippen LogP contribution in [0.5, 0.6) is 5.75 Å². The monoisotopic (exact) mass is 360 g/mol. The van der Waals surface area contributed by atoms with Gasteiger partial charge in [0.2, 0.25) is 5.91 Å². The molecule has 2 amide bonds. The lowest BCUT2D eigenvalue weighted by Crippen LogP contribution is -2.53. The lowest BCUT2D eigenvalue weighted by Gasteiger charge is -2.47. The van der Waals surface area contributed by atoms with E-state index in [1.807, 2.05) is 0 Å². The third-order valence-corrected chi connectivity index (χ3v) is 5.64. The predicted molar refractivity (Wildman–Crippen MR) is 93.9 cm³/mol. The van der Waals surface area contributed by atoms with Crippen molar-refractivity contribution in [3.8, 4) is 5.75 Å². The molecule has 0 aromatic heterocycles. The molecule has 140 valence electrons. The second-order valence-electron chi connectivity index (χ2n) is 7.44. The summed E-state index contributed by atoms with van der Waals surface area (Å²) in [6.07, 6.45) is 2.61. The largest absolute Gasteiger partial charge is 0.508 e. The van der Waals surface area contributed by atoms with E-state index >= 15 is 0 Å². The minimum absolute atomic E-state index is 0.102. The second-order valence-corrected chi connectivity index (χ2v) is 7.44. The molecule has 0 saturated carbocycles. The van der Waals surface area contributed by atoms with E-state index in [9.17, 15) is 19.5 Å². The van der Waals surface area contributed by atoms with Crippen LogP contribution < -0.4 is 0 Å².